The topological polar surface area (TPSA) is 217 Å². The smallest absolute Gasteiger partial charge is 0.416 e. The number of piperidine rings is 4. The van der Waals surface area contributed by atoms with Gasteiger partial charge in [0.05, 0.1) is 66.4 Å². The molecule has 9 aromatic rings. The molecular formula is C118H157BrF6N15O8+. The van der Waals surface area contributed by atoms with Gasteiger partial charge in [0.25, 0.3) is 23.6 Å². The molecule has 6 saturated heterocycles. The van der Waals surface area contributed by atoms with Crippen LogP contribution in [0, 0.1) is 57.9 Å². The number of quaternary nitrogens is 1. The molecule has 1 N–H and O–H groups in total. The van der Waals surface area contributed by atoms with E-state index in [9.17, 15) is 55.9 Å². The number of fused-ring (bicyclic) bond motifs is 1. The Balaban J connectivity index is 0.000000174. The first-order valence-electron chi connectivity index (χ1n) is 52.3. The molecule has 800 valence electrons. The van der Waals surface area contributed by atoms with Gasteiger partial charge >= 0.3 is 12.4 Å². The molecule has 148 heavy (non-hydrogen) atoms. The molecule has 6 aromatic carbocycles. The molecule has 30 heteroatoms. The van der Waals surface area contributed by atoms with Gasteiger partial charge in [-0.15, -0.1) is 0 Å². The van der Waals surface area contributed by atoms with Crippen molar-refractivity contribution in [2.45, 2.75) is 267 Å². The highest BCUT2D eigenvalue weighted by Crippen LogP contribution is 2.42. The molecule has 9 heterocycles. The number of amides is 4. The number of carbonyl (C=O) groups excluding carboxylic acids is 4. The molecule has 23 nitrogen and oxygen atoms in total. The maximum atomic E-state index is 13.3. The van der Waals surface area contributed by atoms with Gasteiger partial charge < -0.3 is 44.5 Å². The highest BCUT2D eigenvalue weighted by molar-refractivity contribution is 9.10. The van der Waals surface area contributed by atoms with Crippen LogP contribution in [-0.2, 0) is 39.7 Å². The molecule has 2 aliphatic carbocycles. The van der Waals surface area contributed by atoms with Crippen LogP contribution in [0.15, 0.2) is 192 Å². The summed E-state index contributed by atoms with van der Waals surface area (Å²) in [5.41, 5.74) is 17.0. The van der Waals surface area contributed by atoms with Crippen molar-refractivity contribution in [3.8, 4) is 11.1 Å². The number of benzene rings is 6. The molecule has 1 saturated carbocycles. The highest BCUT2D eigenvalue weighted by Gasteiger charge is 2.45. The normalized spacial score (nSPS) is 19.6. The number of aromatic nitrogens is 4. The third kappa shape index (κ3) is 28.9. The van der Waals surface area contributed by atoms with Gasteiger partial charge in [-0.3, -0.25) is 43.7 Å². The van der Waals surface area contributed by atoms with Crippen LogP contribution in [-0.4, -0.2) is 244 Å². The largest absolute Gasteiger partial charge is 0.619 e. The lowest BCUT2D eigenvalue weighted by Crippen LogP contribution is -2.62. The summed E-state index contributed by atoms with van der Waals surface area (Å²) in [5, 5.41) is 31.4. The average molecular weight is 2110 g/mol. The van der Waals surface area contributed by atoms with Crippen LogP contribution in [0.1, 0.15) is 274 Å². The fraction of sp³-hybridized carbons (Fsp3) is 0.517. The zero-order chi connectivity index (χ0) is 105. The number of anilines is 1. The number of oxime groups is 1. The molecule has 6 aliphatic heterocycles. The molecule has 4 amide bonds. The van der Waals surface area contributed by atoms with Crippen LogP contribution in [0.3, 0.4) is 0 Å². The standard InChI is InChI=1S/C34H40N2O.C28H37BrN4O3.C28H37F3N4O2.C26H34F3N5O2.2CH4/c1-25-12-16-28(17-13-25)29-19-18-27-8-7-9-30(23-31(27)22-29)34(37)35-32-20-14-26(15-21-32)24-36(2,3)33-10-5-4-6-11-33;1-5-36-30-26(22-6-8-24(29)9-7-22)23-11-15-32(16-12-23)28(4)13-18-31(19-14-28)27(34)25-20(2)10-17-33(35)21(25)3;1-19-16-34(37)17-20(2)25(19)26(36)32-12-10-27(5,11-13-32)33-14-15-35(21(3)18-33)22(4)23-6-8-24(9-7-23)28(29,30)31;1-18-15-33(22-8-10-32(11-9-22)25(35)23-14-30-17-31-19(23)2)12-13-34(18)24(16-36-3)20-4-6-21(7-5-20)26(27,28)29;;/h12-23,33H,4-11,24H2,1-3H3;6-10,17,23H,5,11-16,18-19H2,1-4H3;6-9,16-17,21-22H,10-15,18H2,1-5H3;4-7,14,17-18,22,24H,8-13,15-16H2,1-3H3;2*1H4/p+1/b;30-26+;;;;/t;;21-,22+;18-,24+;;/m..00../s1. The lowest BCUT2D eigenvalue weighted by atomic mass is 9.82. The third-order valence-corrected chi connectivity index (χ3v) is 32.8. The fourth-order valence-electron chi connectivity index (χ4n) is 23.1. The van der Waals surface area contributed by atoms with Crippen molar-refractivity contribution >= 4 is 57.0 Å². The van der Waals surface area contributed by atoms with E-state index < -0.39 is 23.5 Å². The van der Waals surface area contributed by atoms with E-state index in [0.29, 0.717) is 104 Å². The van der Waals surface area contributed by atoms with E-state index >= 15 is 0 Å². The first-order valence-corrected chi connectivity index (χ1v) is 53.1. The van der Waals surface area contributed by atoms with Crippen LogP contribution in [0.25, 0.3) is 17.2 Å². The fourth-order valence-corrected chi connectivity index (χ4v) is 23.4. The first-order chi connectivity index (χ1) is 69.6. The Morgan fingerprint density at radius 2 is 1.16 bits per heavy atom. The molecular weight excluding hydrogens is 1950 g/mol. The molecule has 0 radical (unpaired) electrons. The number of likely N-dealkylation sites (tertiary alicyclic amines) is 4. The lowest BCUT2D eigenvalue weighted by Gasteiger charge is -2.52. The molecule has 8 aliphatic rings. The number of rotatable bonds is 22. The number of hydrogen-bond acceptors (Lipinski definition) is 16. The van der Waals surface area contributed by atoms with Gasteiger partial charge in [-0.05, 0) is 291 Å². The van der Waals surface area contributed by atoms with Crippen molar-refractivity contribution in [1.82, 2.24) is 49.2 Å². The third-order valence-electron chi connectivity index (χ3n) is 32.3. The van der Waals surface area contributed by atoms with E-state index in [4.69, 9.17) is 9.57 Å². The van der Waals surface area contributed by atoms with Gasteiger partial charge in [0, 0.05) is 178 Å². The Hall–Kier alpha value is -10.8. The summed E-state index contributed by atoms with van der Waals surface area (Å²) in [6, 6.07) is 46.3. The van der Waals surface area contributed by atoms with Gasteiger partial charge in [-0.2, -0.15) is 35.8 Å². The SMILES string of the molecule is C.C.CCO/N=C(\c1ccc(Br)cc1)C1CCN(C2(C)CCN(C(=O)c3c(C)cc[n+]([O-])c3C)CC2)CC1.COC[C@H](c1ccc(C(F)(F)F)cc1)N1CCN(C2CCN(C(=O)c3cncnc3C)CC2)C[C@@H]1C.Cc1c[n+]([O-])cc(C)c1C(=O)N1CCC(C)(N2CCN([C@H](C)c3ccc(C(F)(F)F)cc3)[C@@H](C)C2)CC1.Cc1ccc(-c2ccc3c(c2)C=C(C(=O)Nc2ccc(C[N+](C)(C)C4CCCCC4)cc2)CCC3)cc1. The minimum atomic E-state index is -4.35. The number of piperazine rings is 2. The number of halogens is 7. The van der Waals surface area contributed by atoms with Gasteiger partial charge in [0.2, 0.25) is 5.69 Å². The number of ether oxygens (including phenoxy) is 1. The van der Waals surface area contributed by atoms with Crippen LogP contribution >= 0.6 is 15.9 Å². The first kappa shape index (κ1) is 116. The van der Waals surface area contributed by atoms with E-state index in [1.807, 2.05) is 35.5 Å². The number of pyridine rings is 2. The van der Waals surface area contributed by atoms with Crippen molar-refractivity contribution in [3.05, 3.63) is 292 Å². The number of nitrogens with zero attached hydrogens (tertiary/aromatic N) is 14. The molecule has 3 aromatic heterocycles. The van der Waals surface area contributed by atoms with Crippen molar-refractivity contribution in [1.29, 1.82) is 0 Å². The second-order valence-corrected chi connectivity index (χ2v) is 43.5. The summed E-state index contributed by atoms with van der Waals surface area (Å²) in [7, 11) is 6.36. The Morgan fingerprint density at radius 3 is 1.73 bits per heavy atom. The van der Waals surface area contributed by atoms with E-state index in [1.54, 1.807) is 64.4 Å². The number of hydrogen-bond donors (Lipinski definition) is 1. The number of carbonyl (C=O) groups is 4. The maximum absolute atomic E-state index is 13.3. The van der Waals surface area contributed by atoms with Crippen LogP contribution in [0.4, 0.5) is 32.0 Å². The van der Waals surface area contributed by atoms with Gasteiger partial charge in [0.1, 0.15) is 25.0 Å². The van der Waals surface area contributed by atoms with E-state index in [2.05, 4.69) is 214 Å². The molecule has 7 fully saturated rings. The van der Waals surface area contributed by atoms with E-state index in [1.165, 1.54) is 103 Å². The quantitative estimate of drug-likeness (QED) is 0.0167. The van der Waals surface area contributed by atoms with Crippen LogP contribution in [0.2, 0.25) is 0 Å². The highest BCUT2D eigenvalue weighted by atomic mass is 79.9. The Morgan fingerprint density at radius 1 is 0.601 bits per heavy atom. The zero-order valence-corrected chi connectivity index (χ0v) is 89.5. The predicted molar refractivity (Wildman–Crippen MR) is 579 cm³/mol. The summed E-state index contributed by atoms with van der Waals surface area (Å²) in [5.74, 6) is 0.328. The molecule has 0 spiro atoms. The minimum absolute atomic E-state index is 0. The zero-order valence-electron chi connectivity index (χ0n) is 87.9. The second-order valence-electron chi connectivity index (χ2n) is 42.6. The molecule has 17 rings (SSSR count). The lowest BCUT2D eigenvalue weighted by molar-refractivity contribution is -0.929. The molecule has 0 unspecified atom stereocenters. The van der Waals surface area contributed by atoms with Crippen molar-refractivity contribution in [3.63, 3.8) is 0 Å². The predicted octanol–water partition coefficient (Wildman–Crippen LogP) is 22.6. The number of nitrogens with one attached hydrogen (secondary N) is 1. The van der Waals surface area contributed by atoms with Crippen molar-refractivity contribution in [2.75, 3.05) is 131 Å². The summed E-state index contributed by atoms with van der Waals surface area (Å²) in [4.78, 5) is 84.3. The second kappa shape index (κ2) is 51.3. The summed E-state index contributed by atoms with van der Waals surface area (Å²) < 4.78 is 87.0. The Bertz CT molecular complexity index is 5950. The maximum Gasteiger partial charge on any atom is 0.416 e. The van der Waals surface area contributed by atoms with Crippen molar-refractivity contribution < 1.29 is 69.0 Å². The summed E-state index contributed by atoms with van der Waals surface area (Å²) in [6.07, 6.45) is 17.9. The van der Waals surface area contributed by atoms with Gasteiger partial charge in [-0.1, -0.05) is 133 Å². The molecule has 0 bridgehead atoms. The number of alkyl halides is 6. The van der Waals surface area contributed by atoms with Gasteiger partial charge in [-0.25, -0.2) is 9.97 Å². The van der Waals surface area contributed by atoms with Crippen LogP contribution < -0.4 is 14.8 Å². The molecule has 4 atom stereocenters. The number of methoxy groups -OCH3 is 1. The van der Waals surface area contributed by atoms with Gasteiger partial charge in [0.15, 0.2) is 18.6 Å². The minimum Gasteiger partial charge on any atom is -0.619 e. The Labute approximate surface area is 882 Å². The number of aryl methyl sites for hydroxylation is 6. The average Bonchev–Trinajstić information content (AvgIpc) is 0.822. The summed E-state index contributed by atoms with van der Waals surface area (Å²) in [6.45, 7) is 37.4. The Kier molecular flexibility index (Phi) is 40.2. The van der Waals surface area contributed by atoms with E-state index in [-0.39, 0.29) is 73.7 Å². The monoisotopic (exact) mass is 2110 g/mol. The summed E-state index contributed by atoms with van der Waals surface area (Å²) >= 11 is 3.52. The van der Waals surface area contributed by atoms with Crippen LogP contribution in [0.5, 0.6) is 0 Å². The van der Waals surface area contributed by atoms with E-state index in [0.717, 1.165) is 205 Å². The van der Waals surface area contributed by atoms with Crippen molar-refractivity contribution in [2.24, 2.45) is 11.1 Å².